The topological polar surface area (TPSA) is 187 Å². The number of aliphatic hydroxyl groups is 1. The lowest BCUT2D eigenvalue weighted by molar-refractivity contribution is -0.118. The molecule has 1 saturated heterocycles. The van der Waals surface area contributed by atoms with Crippen molar-refractivity contribution in [1.29, 1.82) is 0 Å². The molecule has 1 aliphatic rings. The Balaban J connectivity index is 1.92. The van der Waals surface area contributed by atoms with Crippen LogP contribution in [0.5, 0.6) is 0 Å². The maximum absolute atomic E-state index is 12.4. The van der Waals surface area contributed by atoms with Crippen LogP contribution in [0.3, 0.4) is 0 Å². The number of aliphatic hydroxyl groups excluding tert-OH is 1. The number of anilines is 1. The molecule has 0 aromatic carbocycles. The zero-order valence-electron chi connectivity index (χ0n) is 17.2. The molecule has 31 heavy (non-hydrogen) atoms. The van der Waals surface area contributed by atoms with Gasteiger partial charge in [-0.3, -0.25) is 33.5 Å². The molecule has 2 aromatic rings. The first-order chi connectivity index (χ1) is 14.6. The van der Waals surface area contributed by atoms with Crippen molar-refractivity contribution >= 4 is 30.8 Å². The predicted octanol–water partition coefficient (Wildman–Crippen LogP) is -0.249. The second kappa shape index (κ2) is 9.12. The first-order valence-corrected chi connectivity index (χ1v) is 10.7. The summed E-state index contributed by atoms with van der Waals surface area (Å²) in [6, 6.07) is 0. The van der Waals surface area contributed by atoms with E-state index in [1.807, 2.05) is 0 Å². The minimum atomic E-state index is -4.28. The molecule has 3 heterocycles. The zero-order chi connectivity index (χ0) is 22.9. The Hall–Kier alpha value is -2.19. The summed E-state index contributed by atoms with van der Waals surface area (Å²) in [5, 5.41) is 13.0. The van der Waals surface area contributed by atoms with Gasteiger partial charge in [0.1, 0.15) is 18.3 Å². The van der Waals surface area contributed by atoms with Gasteiger partial charge in [-0.15, -0.1) is 0 Å². The van der Waals surface area contributed by atoms with Crippen molar-refractivity contribution in [2.75, 3.05) is 26.1 Å². The SMILES string of the molecule is COC1[C@@H](O)[C@@H](COP(=O)(O)OC)O[C@H]1n1cnc2c(=O)[nH]c(NC(=O)C(C)C)nc21. The number of aromatic amines is 1. The van der Waals surface area contributed by atoms with Crippen LogP contribution in [0.25, 0.3) is 11.2 Å². The van der Waals surface area contributed by atoms with Gasteiger partial charge in [0, 0.05) is 20.1 Å². The van der Waals surface area contributed by atoms with E-state index in [0.717, 1.165) is 7.11 Å². The largest absolute Gasteiger partial charge is 0.472 e. The van der Waals surface area contributed by atoms with Crippen molar-refractivity contribution < 1.29 is 37.9 Å². The van der Waals surface area contributed by atoms with E-state index in [1.54, 1.807) is 13.8 Å². The monoisotopic (exact) mass is 461 g/mol. The zero-order valence-corrected chi connectivity index (χ0v) is 18.1. The van der Waals surface area contributed by atoms with Crippen LogP contribution in [0.15, 0.2) is 11.1 Å². The molecule has 3 rings (SSSR count). The van der Waals surface area contributed by atoms with Crippen molar-refractivity contribution in [1.82, 2.24) is 19.5 Å². The number of phosphoric ester groups is 1. The van der Waals surface area contributed by atoms with Gasteiger partial charge in [-0.25, -0.2) is 9.55 Å². The molecule has 0 radical (unpaired) electrons. The number of hydrogen-bond donors (Lipinski definition) is 4. The van der Waals surface area contributed by atoms with Crippen LogP contribution in [0.2, 0.25) is 0 Å². The molecular formula is C16H24N5O9P. The molecule has 0 bridgehead atoms. The van der Waals surface area contributed by atoms with Crippen molar-refractivity contribution in [3.05, 3.63) is 16.7 Å². The number of H-pyrrole nitrogens is 1. The number of rotatable bonds is 8. The normalized spacial score (nSPS) is 25.8. The van der Waals surface area contributed by atoms with Crippen LogP contribution in [0.1, 0.15) is 20.1 Å². The van der Waals surface area contributed by atoms with Gasteiger partial charge in [-0.2, -0.15) is 4.98 Å². The molecule has 5 atom stereocenters. The van der Waals surface area contributed by atoms with Gasteiger partial charge in [0.05, 0.1) is 12.9 Å². The Bertz CT molecular complexity index is 1050. The number of carbonyl (C=O) groups is 1. The number of nitrogens with zero attached hydrogens (tertiary/aromatic N) is 3. The van der Waals surface area contributed by atoms with Gasteiger partial charge in [0.25, 0.3) is 5.56 Å². The number of aromatic nitrogens is 4. The van der Waals surface area contributed by atoms with Crippen molar-refractivity contribution in [3.8, 4) is 0 Å². The Labute approximate surface area is 176 Å². The number of phosphoric acid groups is 1. The average molecular weight is 461 g/mol. The average Bonchev–Trinajstić information content (AvgIpc) is 3.27. The summed E-state index contributed by atoms with van der Waals surface area (Å²) in [4.78, 5) is 44.4. The highest BCUT2D eigenvalue weighted by Crippen LogP contribution is 2.43. The second-order valence-electron chi connectivity index (χ2n) is 7.09. The number of fused-ring (bicyclic) bond motifs is 1. The van der Waals surface area contributed by atoms with E-state index in [2.05, 4.69) is 24.8 Å². The van der Waals surface area contributed by atoms with E-state index in [9.17, 15) is 24.2 Å². The Morgan fingerprint density at radius 3 is 2.77 bits per heavy atom. The third kappa shape index (κ3) is 4.85. The maximum Gasteiger partial charge on any atom is 0.472 e. The molecule has 172 valence electrons. The van der Waals surface area contributed by atoms with Crippen LogP contribution >= 0.6 is 7.82 Å². The lowest BCUT2D eigenvalue weighted by Gasteiger charge is -2.20. The summed E-state index contributed by atoms with van der Waals surface area (Å²) < 4.78 is 33.1. The fourth-order valence-corrected chi connectivity index (χ4v) is 3.43. The van der Waals surface area contributed by atoms with Gasteiger partial charge in [0.15, 0.2) is 17.4 Å². The quantitative estimate of drug-likeness (QED) is 0.380. The summed E-state index contributed by atoms with van der Waals surface area (Å²) in [6.07, 6.45) is -2.96. The van der Waals surface area contributed by atoms with Crippen molar-refractivity contribution in [3.63, 3.8) is 0 Å². The molecule has 2 aromatic heterocycles. The van der Waals surface area contributed by atoms with E-state index in [1.165, 1.54) is 18.0 Å². The summed E-state index contributed by atoms with van der Waals surface area (Å²) in [7, 11) is -1.94. The first-order valence-electron chi connectivity index (χ1n) is 9.25. The van der Waals surface area contributed by atoms with E-state index in [4.69, 9.17) is 14.0 Å². The molecule has 1 fully saturated rings. The third-order valence-corrected chi connectivity index (χ3v) is 5.63. The van der Waals surface area contributed by atoms with E-state index in [0.29, 0.717) is 0 Å². The standard InChI is InChI=1S/C16H24N5O9P/c1-7(2)13(23)19-16-18-12-9(14(24)20-16)17-6-21(12)15-11(27-3)10(22)8(30-15)5-29-31(25,26)28-4/h6-8,10-11,15,22H,5H2,1-4H3,(H,25,26)(H2,18,19,20,23,24)/t8-,10+,11?,15-/m1/s1. The Morgan fingerprint density at radius 1 is 1.45 bits per heavy atom. The number of methoxy groups -OCH3 is 1. The fraction of sp³-hybridized carbons (Fsp3) is 0.625. The van der Waals surface area contributed by atoms with Gasteiger partial charge >= 0.3 is 7.82 Å². The molecule has 15 heteroatoms. The van der Waals surface area contributed by atoms with Gasteiger partial charge in [0.2, 0.25) is 11.9 Å². The van der Waals surface area contributed by atoms with Crippen LogP contribution < -0.4 is 10.9 Å². The van der Waals surface area contributed by atoms with E-state index < -0.39 is 44.5 Å². The molecule has 1 amide bonds. The number of ether oxygens (including phenoxy) is 2. The van der Waals surface area contributed by atoms with Crippen LogP contribution in [-0.2, 0) is 27.9 Å². The van der Waals surface area contributed by atoms with Crippen LogP contribution in [0.4, 0.5) is 5.95 Å². The minimum absolute atomic E-state index is 0.0190. The first kappa shape index (κ1) is 23.5. The predicted molar refractivity (Wildman–Crippen MR) is 105 cm³/mol. The Kier molecular flexibility index (Phi) is 6.91. The van der Waals surface area contributed by atoms with Gasteiger partial charge in [-0.1, -0.05) is 13.8 Å². The molecule has 2 unspecified atom stereocenters. The molecule has 0 aliphatic carbocycles. The minimum Gasteiger partial charge on any atom is -0.387 e. The lowest BCUT2D eigenvalue weighted by atomic mass is 10.1. The van der Waals surface area contributed by atoms with Crippen molar-refractivity contribution in [2.24, 2.45) is 5.92 Å². The van der Waals surface area contributed by atoms with Crippen molar-refractivity contribution in [2.45, 2.75) is 38.4 Å². The van der Waals surface area contributed by atoms with Gasteiger partial charge in [-0.05, 0) is 0 Å². The summed E-state index contributed by atoms with van der Waals surface area (Å²) >= 11 is 0. The molecule has 14 nitrogen and oxygen atoms in total. The molecular weight excluding hydrogens is 437 g/mol. The number of imidazole rings is 1. The molecule has 4 N–H and O–H groups in total. The third-order valence-electron chi connectivity index (χ3n) is 4.69. The van der Waals surface area contributed by atoms with Crippen LogP contribution in [0, 0.1) is 5.92 Å². The smallest absolute Gasteiger partial charge is 0.387 e. The highest BCUT2D eigenvalue weighted by atomic mass is 31.2. The summed E-state index contributed by atoms with van der Waals surface area (Å²) in [6.45, 7) is 2.91. The molecule has 1 aliphatic heterocycles. The van der Waals surface area contributed by atoms with E-state index >= 15 is 0 Å². The maximum atomic E-state index is 12.4. The highest BCUT2D eigenvalue weighted by molar-refractivity contribution is 7.47. The number of carbonyl (C=O) groups excluding carboxylic acids is 1. The number of nitrogens with one attached hydrogen (secondary N) is 2. The fourth-order valence-electron chi connectivity index (χ4n) is 2.99. The van der Waals surface area contributed by atoms with E-state index in [-0.39, 0.29) is 28.9 Å². The molecule has 0 saturated carbocycles. The van der Waals surface area contributed by atoms with Gasteiger partial charge < -0.3 is 19.5 Å². The second-order valence-corrected chi connectivity index (χ2v) is 8.65. The summed E-state index contributed by atoms with van der Waals surface area (Å²) in [5.41, 5.74) is -0.528. The Morgan fingerprint density at radius 2 is 2.16 bits per heavy atom. The number of amides is 1. The lowest BCUT2D eigenvalue weighted by Crippen LogP contribution is -2.35. The van der Waals surface area contributed by atoms with Crippen LogP contribution in [-0.4, -0.2) is 74.6 Å². The summed E-state index contributed by atoms with van der Waals surface area (Å²) in [5.74, 6) is -0.765. The number of hydrogen-bond acceptors (Lipinski definition) is 10. The highest BCUT2D eigenvalue weighted by Gasteiger charge is 2.46. The molecule has 0 spiro atoms.